The van der Waals surface area contributed by atoms with Crippen LogP contribution in [0.5, 0.6) is 0 Å². The lowest BCUT2D eigenvalue weighted by Crippen LogP contribution is -2.43. The van der Waals surface area contributed by atoms with Gasteiger partial charge in [-0.1, -0.05) is 12.1 Å². The Balaban J connectivity index is 2.39. The first-order valence-electron chi connectivity index (χ1n) is 5.61. The lowest BCUT2D eigenvalue weighted by atomic mass is 9.87. The molecule has 0 saturated carbocycles. The van der Waals surface area contributed by atoms with Crippen LogP contribution in [0, 0.1) is 0 Å². The molecule has 0 amide bonds. The van der Waals surface area contributed by atoms with E-state index >= 15 is 0 Å². The Kier molecular flexibility index (Phi) is 3.14. The van der Waals surface area contributed by atoms with Gasteiger partial charge in [0.25, 0.3) is 0 Å². The van der Waals surface area contributed by atoms with Gasteiger partial charge < -0.3 is 11.1 Å². The highest BCUT2D eigenvalue weighted by molar-refractivity contribution is 5.32. The van der Waals surface area contributed by atoms with Crippen LogP contribution in [0.2, 0.25) is 0 Å². The number of rotatable bonds is 2. The van der Waals surface area contributed by atoms with E-state index in [1.165, 1.54) is 12.1 Å². The Morgan fingerprint density at radius 2 is 2.12 bits per heavy atom. The highest BCUT2D eigenvalue weighted by Gasteiger charge is 2.36. The fraction of sp³-hybridized carbons (Fsp3) is 0.500. The number of alkyl halides is 3. The van der Waals surface area contributed by atoms with E-state index in [-0.39, 0.29) is 0 Å². The Morgan fingerprint density at radius 3 is 2.65 bits per heavy atom. The first-order valence-corrected chi connectivity index (χ1v) is 5.61. The predicted molar refractivity (Wildman–Crippen MR) is 59.4 cm³/mol. The largest absolute Gasteiger partial charge is 0.416 e. The molecule has 1 aliphatic rings. The molecule has 3 N–H and O–H groups in total. The maximum absolute atomic E-state index is 12.6. The molecule has 0 bridgehead atoms. The molecule has 1 saturated heterocycles. The van der Waals surface area contributed by atoms with Gasteiger partial charge in [-0.25, -0.2) is 0 Å². The minimum Gasteiger partial charge on any atom is -0.328 e. The lowest BCUT2D eigenvalue weighted by Gasteiger charge is -2.29. The molecule has 1 unspecified atom stereocenters. The summed E-state index contributed by atoms with van der Waals surface area (Å²) in [5.41, 5.74) is 5.25. The number of nitrogens with one attached hydrogen (secondary N) is 1. The highest BCUT2D eigenvalue weighted by Crippen LogP contribution is 2.35. The maximum Gasteiger partial charge on any atom is 0.416 e. The van der Waals surface area contributed by atoms with Crippen molar-refractivity contribution in [2.24, 2.45) is 5.73 Å². The van der Waals surface area contributed by atoms with Gasteiger partial charge in [0, 0.05) is 6.54 Å². The summed E-state index contributed by atoms with van der Waals surface area (Å²) in [6.45, 7) is 1.11. The molecule has 1 aromatic rings. The topological polar surface area (TPSA) is 38.0 Å². The summed E-state index contributed by atoms with van der Waals surface area (Å²) < 4.78 is 37.9. The molecule has 94 valence electrons. The van der Waals surface area contributed by atoms with Crippen molar-refractivity contribution in [2.75, 3.05) is 13.1 Å². The van der Waals surface area contributed by atoms with Crippen LogP contribution >= 0.6 is 0 Å². The molecule has 1 fully saturated rings. The van der Waals surface area contributed by atoms with Gasteiger partial charge in [0.1, 0.15) is 0 Å². The summed E-state index contributed by atoms with van der Waals surface area (Å²) in [6, 6.07) is 5.43. The lowest BCUT2D eigenvalue weighted by molar-refractivity contribution is -0.137. The number of nitrogens with two attached hydrogens (primary N) is 1. The molecule has 0 radical (unpaired) electrons. The molecule has 0 aliphatic carbocycles. The normalized spacial score (nSPS) is 25.2. The summed E-state index contributed by atoms with van der Waals surface area (Å²) in [7, 11) is 0. The van der Waals surface area contributed by atoms with Gasteiger partial charge in [-0.05, 0) is 37.1 Å². The van der Waals surface area contributed by atoms with E-state index in [0.29, 0.717) is 12.1 Å². The van der Waals surface area contributed by atoms with Gasteiger partial charge in [-0.2, -0.15) is 13.2 Å². The zero-order chi connectivity index (χ0) is 12.5. The average molecular weight is 244 g/mol. The summed E-state index contributed by atoms with van der Waals surface area (Å²) in [4.78, 5) is 0. The molecule has 1 aromatic carbocycles. The van der Waals surface area contributed by atoms with Crippen molar-refractivity contribution in [3.05, 3.63) is 35.4 Å². The summed E-state index contributed by atoms with van der Waals surface area (Å²) in [5, 5.41) is 3.22. The minimum absolute atomic E-state index is 0.314. The monoisotopic (exact) mass is 244 g/mol. The first kappa shape index (κ1) is 12.4. The van der Waals surface area contributed by atoms with Crippen molar-refractivity contribution in [2.45, 2.75) is 24.6 Å². The number of benzene rings is 1. The summed E-state index contributed by atoms with van der Waals surface area (Å²) in [5.74, 6) is 0. The van der Waals surface area contributed by atoms with E-state index in [2.05, 4.69) is 5.32 Å². The third-order valence-corrected chi connectivity index (χ3v) is 3.33. The van der Waals surface area contributed by atoms with Crippen LogP contribution in [0.15, 0.2) is 24.3 Å². The second kappa shape index (κ2) is 4.31. The number of halogens is 3. The SMILES string of the molecule is NCC1(c2cccc(C(F)(F)F)c2)CCCN1. The maximum atomic E-state index is 12.6. The quantitative estimate of drug-likeness (QED) is 0.837. The standard InChI is InChI=1S/C12H15F3N2/c13-12(14,15)10-4-1-3-9(7-10)11(8-16)5-2-6-17-11/h1,3-4,7,17H,2,5-6,8,16H2. The molecular formula is C12H15F3N2. The molecule has 1 aliphatic heterocycles. The van der Waals surface area contributed by atoms with Gasteiger partial charge in [0.05, 0.1) is 11.1 Å². The van der Waals surface area contributed by atoms with E-state index in [0.717, 1.165) is 25.5 Å². The fourth-order valence-corrected chi connectivity index (χ4v) is 2.34. The molecule has 1 heterocycles. The minimum atomic E-state index is -4.30. The van der Waals surface area contributed by atoms with Crippen LogP contribution in [0.1, 0.15) is 24.0 Å². The highest BCUT2D eigenvalue weighted by atomic mass is 19.4. The van der Waals surface area contributed by atoms with E-state index in [1.54, 1.807) is 6.07 Å². The average Bonchev–Trinajstić information content (AvgIpc) is 2.78. The van der Waals surface area contributed by atoms with Gasteiger partial charge in [-0.3, -0.25) is 0 Å². The molecule has 2 nitrogen and oxygen atoms in total. The van der Waals surface area contributed by atoms with Crippen LogP contribution in [0.25, 0.3) is 0 Å². The van der Waals surface area contributed by atoms with Crippen molar-refractivity contribution in [3.8, 4) is 0 Å². The Labute approximate surface area is 98.0 Å². The van der Waals surface area contributed by atoms with E-state index in [4.69, 9.17) is 5.73 Å². The van der Waals surface area contributed by atoms with Crippen LogP contribution in [-0.4, -0.2) is 13.1 Å². The zero-order valence-corrected chi connectivity index (χ0v) is 9.35. The summed E-state index contributed by atoms with van der Waals surface area (Å²) in [6.07, 6.45) is -2.58. The second-order valence-corrected chi connectivity index (χ2v) is 4.40. The van der Waals surface area contributed by atoms with Crippen LogP contribution in [0.3, 0.4) is 0 Å². The smallest absolute Gasteiger partial charge is 0.328 e. The molecule has 17 heavy (non-hydrogen) atoms. The first-order chi connectivity index (χ1) is 7.98. The third kappa shape index (κ3) is 2.30. The second-order valence-electron chi connectivity index (χ2n) is 4.40. The van der Waals surface area contributed by atoms with Crippen LogP contribution in [0.4, 0.5) is 13.2 Å². The van der Waals surface area contributed by atoms with Crippen molar-refractivity contribution >= 4 is 0 Å². The Hall–Kier alpha value is -1.07. The third-order valence-electron chi connectivity index (χ3n) is 3.33. The molecular weight excluding hydrogens is 229 g/mol. The molecule has 2 rings (SSSR count). The fourth-order valence-electron chi connectivity index (χ4n) is 2.34. The van der Waals surface area contributed by atoms with Gasteiger partial charge in [-0.15, -0.1) is 0 Å². The molecule has 0 aromatic heterocycles. The van der Waals surface area contributed by atoms with E-state index in [9.17, 15) is 13.2 Å². The molecule has 0 spiro atoms. The van der Waals surface area contributed by atoms with Gasteiger partial charge in [0.2, 0.25) is 0 Å². The number of hydrogen-bond donors (Lipinski definition) is 2. The Bertz CT molecular complexity index is 395. The van der Waals surface area contributed by atoms with Crippen molar-refractivity contribution in [1.29, 1.82) is 0 Å². The zero-order valence-electron chi connectivity index (χ0n) is 9.35. The van der Waals surface area contributed by atoms with Crippen molar-refractivity contribution < 1.29 is 13.2 Å². The Morgan fingerprint density at radius 1 is 1.35 bits per heavy atom. The number of hydrogen-bond acceptors (Lipinski definition) is 2. The van der Waals surface area contributed by atoms with Crippen LogP contribution in [-0.2, 0) is 11.7 Å². The van der Waals surface area contributed by atoms with E-state index in [1.807, 2.05) is 0 Å². The molecule has 1 atom stereocenters. The van der Waals surface area contributed by atoms with E-state index < -0.39 is 17.3 Å². The summed E-state index contributed by atoms with van der Waals surface area (Å²) >= 11 is 0. The predicted octanol–water partition coefficient (Wildman–Crippen LogP) is 2.24. The van der Waals surface area contributed by atoms with Crippen molar-refractivity contribution in [3.63, 3.8) is 0 Å². The molecule has 5 heteroatoms. The van der Waals surface area contributed by atoms with Gasteiger partial charge in [0.15, 0.2) is 0 Å². The van der Waals surface area contributed by atoms with Gasteiger partial charge >= 0.3 is 6.18 Å². The van der Waals surface area contributed by atoms with Crippen molar-refractivity contribution in [1.82, 2.24) is 5.32 Å². The van der Waals surface area contributed by atoms with Crippen LogP contribution < -0.4 is 11.1 Å².